The number of carbonyl (C=O) groups excluding carboxylic acids is 2. The first-order valence-corrected chi connectivity index (χ1v) is 57.3. The summed E-state index contributed by atoms with van der Waals surface area (Å²) in [6.07, 6.45) is 33.9. The van der Waals surface area contributed by atoms with Gasteiger partial charge in [0.05, 0.1) is 26.4 Å². The molecule has 4 aromatic rings. The van der Waals surface area contributed by atoms with Crippen LogP contribution in [0.4, 0.5) is 0 Å². The van der Waals surface area contributed by atoms with Crippen molar-refractivity contribution in [3.8, 4) is 11.5 Å². The van der Waals surface area contributed by atoms with Gasteiger partial charge in [0.1, 0.15) is 5.78 Å². The molecule has 8 aliphatic rings. The second-order valence-electron chi connectivity index (χ2n) is 40.8. The first kappa shape index (κ1) is 151. The van der Waals surface area contributed by atoms with Gasteiger partial charge in [-0.05, 0) is 218 Å². The van der Waals surface area contributed by atoms with Crippen molar-refractivity contribution in [2.75, 3.05) is 65.9 Å². The maximum atomic E-state index is 12.0. The molecule has 0 atom stereocenters. The van der Waals surface area contributed by atoms with Gasteiger partial charge in [0.25, 0.3) is 0 Å². The van der Waals surface area contributed by atoms with E-state index >= 15 is 0 Å². The van der Waals surface area contributed by atoms with Gasteiger partial charge < -0.3 is 23.8 Å². The lowest BCUT2D eigenvalue weighted by molar-refractivity contribution is -0.141. The molecule has 0 bridgehead atoms. The molecular weight excluding hydrogens is 1650 g/mol. The highest BCUT2D eigenvalue weighted by atomic mass is 16.7. The van der Waals surface area contributed by atoms with E-state index in [1.54, 1.807) is 0 Å². The van der Waals surface area contributed by atoms with Gasteiger partial charge in [-0.15, -0.1) is 0 Å². The lowest BCUT2D eigenvalue weighted by Crippen LogP contribution is -2.42. The van der Waals surface area contributed by atoms with Crippen LogP contribution in [-0.4, -0.2) is 92.4 Å². The Hall–Kier alpha value is -4.57. The van der Waals surface area contributed by atoms with E-state index in [4.69, 9.17) is 18.9 Å². The van der Waals surface area contributed by atoms with Crippen LogP contribution in [0.25, 0.3) is 0 Å². The van der Waals surface area contributed by atoms with Gasteiger partial charge in [0.2, 0.25) is 12.7 Å². The number of aromatic nitrogens is 1. The minimum Gasteiger partial charge on any atom is -0.454 e. The van der Waals surface area contributed by atoms with E-state index in [-0.39, 0.29) is 10.8 Å². The number of ketones is 1. The average Bonchev–Trinajstić information content (AvgIpc) is 1.55. The first-order chi connectivity index (χ1) is 64.2. The number of nitrogens with zero attached hydrogens (tertiary/aromatic N) is 3. The standard InChI is InChI=1S/C12H18.C11H21NO.C11H14O2.C10H18O.C10H20.C10H14.C9H19NO.C9H13N.C8H16.C7H14O.C7H14.11C2H6/c1-10(2)12(3,4)11-8-6-5-7-9-11;1-9(2)11(3,4)10(13)12-7-5-6-8-12;1-8(2)5-9-3-4-10-11(6-9)13-7-12-10;1-7(2)10(3,4)9(11)8-5-6-8;2*1-9(2)8-10-6-4-3-5-7-10;1-9(2)3-4-10-5-7-11-8-6-10;1-8(2)7-9-3-5-10-6-4-9;1-7(2)6-8-4-3-5-8;1-6(2)3-7-4-8-5-7;1-6(2)5-7-3-4-7;11*1-2/h5-10H,1-4H3;9H,5-8H2,1-4H3;3-4,6,8H,5,7H2,1-2H3;7-8H,5-6H2,1-4H3;9-10H,3-8H2,1-2H3;3-7,9H,8H2,1-2H3;9H,3-8H2,1-2H3;3-6,8H,7H2,1-2H3;7-8H,3-6H2,1-2H3;6-7H,3-5H2,1-2H3;6-7H,3-5H2,1-2H3;11*1-2H3. The zero-order valence-corrected chi connectivity index (χ0v) is 101. The van der Waals surface area contributed by atoms with E-state index in [1.807, 2.05) is 176 Å². The van der Waals surface area contributed by atoms with Crippen LogP contribution in [0.15, 0.2) is 103 Å². The van der Waals surface area contributed by atoms with Crippen molar-refractivity contribution in [3.05, 3.63) is 126 Å². The third-order valence-corrected chi connectivity index (χ3v) is 24.0. The van der Waals surface area contributed by atoms with E-state index in [1.165, 1.54) is 144 Å². The van der Waals surface area contributed by atoms with Crippen molar-refractivity contribution in [3.63, 3.8) is 0 Å². The first-order valence-electron chi connectivity index (χ1n) is 57.3. The summed E-state index contributed by atoms with van der Waals surface area (Å²) in [5, 5.41) is 0. The summed E-state index contributed by atoms with van der Waals surface area (Å²) < 4.78 is 20.8. The molecule has 802 valence electrons. The third kappa shape index (κ3) is 85.9. The second kappa shape index (κ2) is 101. The molecule has 9 heteroatoms. The van der Waals surface area contributed by atoms with Gasteiger partial charge in [-0.25, -0.2) is 0 Å². The van der Waals surface area contributed by atoms with E-state index < -0.39 is 0 Å². The Bertz CT molecular complexity index is 2890. The number of hydrogen-bond donors (Lipinski definition) is 0. The maximum Gasteiger partial charge on any atom is 0.231 e. The molecule has 5 heterocycles. The van der Waals surface area contributed by atoms with Gasteiger partial charge in [-0.3, -0.25) is 19.5 Å². The number of hydrogen-bond acceptors (Lipinski definition) is 8. The minimum absolute atomic E-state index is 0.0961. The second-order valence-corrected chi connectivity index (χ2v) is 40.8. The number of morpholine rings is 1. The Morgan fingerprint density at radius 3 is 1.04 bits per heavy atom. The van der Waals surface area contributed by atoms with E-state index in [0.29, 0.717) is 53.5 Å². The zero-order valence-electron chi connectivity index (χ0n) is 101. The normalized spacial score (nSPS) is 14.7. The number of benzene rings is 3. The van der Waals surface area contributed by atoms with Gasteiger partial charge in [0, 0.05) is 61.2 Å². The molecule has 1 aromatic heterocycles. The molecule has 7 fully saturated rings. The van der Waals surface area contributed by atoms with Crippen LogP contribution in [0.5, 0.6) is 11.5 Å². The predicted octanol–water partition coefficient (Wildman–Crippen LogP) is 39.6. The van der Waals surface area contributed by atoms with Crippen molar-refractivity contribution in [2.45, 2.75) is 493 Å². The molecule has 135 heavy (non-hydrogen) atoms. The van der Waals surface area contributed by atoms with Crippen molar-refractivity contribution in [1.82, 2.24) is 14.8 Å². The summed E-state index contributed by atoms with van der Waals surface area (Å²) in [5.74, 6) is 15.4. The van der Waals surface area contributed by atoms with Gasteiger partial charge in [0.15, 0.2) is 11.5 Å². The van der Waals surface area contributed by atoms with Crippen molar-refractivity contribution < 1.29 is 28.5 Å². The number of pyridine rings is 1. The molecular formula is C126H247N3O6. The Morgan fingerprint density at radius 1 is 0.348 bits per heavy atom. The highest BCUT2D eigenvalue weighted by molar-refractivity contribution is 5.88. The third-order valence-electron chi connectivity index (χ3n) is 24.0. The topological polar surface area (TPSA) is 90.4 Å². The van der Waals surface area contributed by atoms with Crippen LogP contribution in [0.1, 0.15) is 490 Å². The van der Waals surface area contributed by atoms with Crippen LogP contribution in [0.2, 0.25) is 0 Å². The van der Waals surface area contributed by atoms with Crippen LogP contribution in [0, 0.1) is 106 Å². The largest absolute Gasteiger partial charge is 0.454 e. The molecule has 4 saturated carbocycles. The van der Waals surface area contributed by atoms with Gasteiger partial charge in [-0.2, -0.15) is 0 Å². The summed E-state index contributed by atoms with van der Waals surface area (Å²) in [6, 6.07) is 31.6. The Kier molecular flexibility index (Phi) is 113. The molecule has 4 aliphatic carbocycles. The summed E-state index contributed by atoms with van der Waals surface area (Å²) >= 11 is 0. The summed E-state index contributed by atoms with van der Waals surface area (Å²) in [4.78, 5) is 32.2. The van der Waals surface area contributed by atoms with Crippen LogP contribution < -0.4 is 9.47 Å². The quantitative estimate of drug-likeness (QED) is 0.0685. The summed E-state index contributed by atoms with van der Waals surface area (Å²) in [7, 11) is 0. The molecule has 4 aliphatic heterocycles. The molecule has 12 rings (SSSR count). The zero-order chi connectivity index (χ0) is 107. The smallest absolute Gasteiger partial charge is 0.231 e. The highest BCUT2D eigenvalue weighted by Gasteiger charge is 2.41. The fourth-order valence-corrected chi connectivity index (χ4v) is 14.4. The Labute approximate surface area is 851 Å². The van der Waals surface area contributed by atoms with E-state index in [2.05, 4.69) is 289 Å². The SMILES string of the molecule is CC.CC.CC.CC.CC.CC.CC.CC.CC.CC.CC.CC(C)C(C)(C)C(=O)C1CC1.CC(C)C(C)(C)C(=O)N1CCCC1.CC(C)C(C)(C)c1ccccc1.CC(C)CC1CC1.CC(C)CC1CCC1.CC(C)CC1CCCCC1.CC(C)CC1COC1.CC(C)CCN1CCOCC1.CC(C)Cc1ccc2c(c1)OCO2.CC(C)Cc1ccccc1.CC(C)Cc1ccncc1. The van der Waals surface area contributed by atoms with Crippen molar-refractivity contribution in [1.29, 1.82) is 0 Å². The maximum absolute atomic E-state index is 12.0. The van der Waals surface area contributed by atoms with E-state index in [9.17, 15) is 9.59 Å². The molecule has 1 amide bonds. The fourth-order valence-electron chi connectivity index (χ4n) is 14.4. The number of amides is 1. The molecule has 0 radical (unpaired) electrons. The average molecular weight is 1900 g/mol. The lowest BCUT2D eigenvalue weighted by Gasteiger charge is -2.32. The Balaban J connectivity index is -0.000000156. The molecule has 0 unspecified atom stereocenters. The number of carbonyl (C=O) groups is 2. The summed E-state index contributed by atoms with van der Waals surface area (Å²) in [5.41, 5.74) is 5.58. The number of ether oxygens (including phenoxy) is 4. The number of rotatable bonds is 24. The molecule has 0 N–H and O–H groups in total. The van der Waals surface area contributed by atoms with Crippen LogP contribution in [-0.2, 0) is 43.7 Å². The number of fused-ring (bicyclic) bond motifs is 1. The van der Waals surface area contributed by atoms with Crippen LogP contribution in [0.3, 0.4) is 0 Å². The monoisotopic (exact) mass is 1900 g/mol. The van der Waals surface area contributed by atoms with E-state index in [0.717, 1.165) is 155 Å². The van der Waals surface area contributed by atoms with Crippen molar-refractivity contribution >= 4 is 11.7 Å². The minimum atomic E-state index is -0.190. The Morgan fingerprint density at radius 2 is 0.711 bits per heavy atom. The summed E-state index contributed by atoms with van der Waals surface area (Å²) in [6.45, 7) is 116. The molecule has 0 spiro atoms. The number of Topliss-reactive ketones (excluding diaryl/α,β-unsaturated/α-hetero) is 1. The molecule has 3 saturated heterocycles. The van der Waals surface area contributed by atoms with Crippen molar-refractivity contribution in [2.24, 2.45) is 106 Å². The number of likely N-dealkylation sites (tertiary alicyclic amines) is 1. The van der Waals surface area contributed by atoms with Gasteiger partial charge >= 0.3 is 0 Å². The molecule has 3 aromatic carbocycles. The van der Waals surface area contributed by atoms with Crippen LogP contribution >= 0.6 is 0 Å². The predicted molar refractivity (Wildman–Crippen MR) is 614 cm³/mol. The fraction of sp³-hybridized carbons (Fsp3) is 0.802. The van der Waals surface area contributed by atoms with Gasteiger partial charge in [-0.1, -0.05) is 477 Å². The highest BCUT2D eigenvalue weighted by Crippen LogP contribution is 2.41. The molecule has 9 nitrogen and oxygen atoms in total. The lowest BCUT2D eigenvalue weighted by atomic mass is 9.75.